The molecule has 12 heteroatoms. The smallest absolute Gasteiger partial charge is 0.428 e. The highest BCUT2D eigenvalue weighted by Crippen LogP contribution is 2.51. The van der Waals surface area contributed by atoms with E-state index in [1.807, 2.05) is 0 Å². The zero-order valence-electron chi connectivity index (χ0n) is 16.7. The first-order valence-corrected chi connectivity index (χ1v) is 9.23. The summed E-state index contributed by atoms with van der Waals surface area (Å²) in [6, 6.07) is 1.92. The quantitative estimate of drug-likeness (QED) is 0.414. The topological polar surface area (TPSA) is 150 Å². The van der Waals surface area contributed by atoms with Gasteiger partial charge in [0.05, 0.1) is 11.0 Å². The lowest BCUT2D eigenvalue weighted by Gasteiger charge is -2.52. The number of imide groups is 1. The lowest BCUT2D eigenvalue weighted by molar-refractivity contribution is -0.384. The molecule has 10 nitrogen and oxygen atoms in total. The molecule has 1 saturated heterocycles. The number of non-ortho nitro benzene ring substituents is 1. The zero-order chi connectivity index (χ0) is 24.0. The van der Waals surface area contributed by atoms with E-state index in [-0.39, 0.29) is 11.3 Å². The Hall–Kier alpha value is -3.93. The molecule has 1 aliphatic heterocycles. The average molecular weight is 449 g/mol. The molecule has 3 rings (SSSR count). The minimum atomic E-state index is -2.06. The molecule has 1 aliphatic rings. The van der Waals surface area contributed by atoms with Crippen LogP contribution >= 0.6 is 0 Å². The van der Waals surface area contributed by atoms with Gasteiger partial charge in [0.1, 0.15) is 11.1 Å². The van der Waals surface area contributed by atoms with Crippen LogP contribution in [0.1, 0.15) is 25.5 Å². The van der Waals surface area contributed by atoms with Crippen LogP contribution < -0.4 is 14.9 Å². The molecule has 0 aromatic heterocycles. The van der Waals surface area contributed by atoms with E-state index < -0.39 is 62.3 Å². The van der Waals surface area contributed by atoms with Gasteiger partial charge in [-0.3, -0.25) is 14.9 Å². The fraction of sp³-hybridized carbons (Fsp3) is 0.250. The summed E-state index contributed by atoms with van der Waals surface area (Å²) in [5.74, 6) is -4.17. The molecule has 1 fully saturated rings. The maximum absolute atomic E-state index is 14.1. The third kappa shape index (κ3) is 3.07. The maximum Gasteiger partial charge on any atom is 0.428 e. The van der Waals surface area contributed by atoms with E-state index in [9.17, 15) is 43.5 Å². The molecule has 4 atom stereocenters. The van der Waals surface area contributed by atoms with Crippen LogP contribution in [0.2, 0.25) is 0 Å². The fourth-order valence-corrected chi connectivity index (χ4v) is 4.12. The van der Waals surface area contributed by atoms with Crippen molar-refractivity contribution >= 4 is 29.5 Å². The number of amides is 3. The van der Waals surface area contributed by atoms with Crippen molar-refractivity contribution in [3.05, 3.63) is 69.8 Å². The van der Waals surface area contributed by atoms with E-state index in [0.717, 1.165) is 37.3 Å². The van der Waals surface area contributed by atoms with Crippen molar-refractivity contribution in [2.45, 2.75) is 25.9 Å². The first kappa shape index (κ1) is 22.7. The lowest BCUT2D eigenvalue weighted by Crippen LogP contribution is -2.78. The second-order valence-corrected chi connectivity index (χ2v) is 7.60. The Morgan fingerprint density at radius 1 is 1.16 bits per heavy atom. The minimum absolute atomic E-state index is 0.293. The van der Waals surface area contributed by atoms with Crippen LogP contribution in [0.15, 0.2) is 42.5 Å². The number of aliphatic carboxylic acids is 1. The Bertz CT molecular complexity index is 1140. The van der Waals surface area contributed by atoms with Gasteiger partial charge in [-0.05, 0) is 32.0 Å². The molecule has 2 aromatic rings. The second kappa shape index (κ2) is 7.64. The van der Waals surface area contributed by atoms with Gasteiger partial charge in [-0.2, -0.15) is 4.48 Å². The van der Waals surface area contributed by atoms with Crippen LogP contribution in [0.4, 0.5) is 29.7 Å². The number of nitrogens with zero attached hydrogens (tertiary/aromatic N) is 2. The van der Waals surface area contributed by atoms with Crippen LogP contribution in [0.25, 0.3) is 0 Å². The molecular formula is C20H17F2N3O7. The second-order valence-electron chi connectivity index (χ2n) is 7.60. The summed E-state index contributed by atoms with van der Waals surface area (Å²) < 4.78 is 25.9. The highest BCUT2D eigenvalue weighted by molar-refractivity contribution is 6.07. The number of nitro benzene ring substituents is 1. The van der Waals surface area contributed by atoms with Crippen LogP contribution in [0.3, 0.4) is 0 Å². The Labute approximate surface area is 179 Å². The molecule has 2 N–H and O–H groups in total. The SMILES string of the molecule is CC1NC(=O)[N+](C(=O)[O-])(c2ccc([N+](=O)[O-])cc2)[C@@H](c2ccc(F)c(F)c2)C1(C)C(=O)O. The molecule has 0 saturated carbocycles. The zero-order valence-corrected chi connectivity index (χ0v) is 16.7. The van der Waals surface area contributed by atoms with E-state index in [0.29, 0.717) is 12.1 Å². The predicted molar refractivity (Wildman–Crippen MR) is 103 cm³/mol. The number of hydrogen-bond donors (Lipinski definition) is 2. The third-order valence-electron chi connectivity index (χ3n) is 5.99. The van der Waals surface area contributed by atoms with Crippen molar-refractivity contribution in [2.24, 2.45) is 5.41 Å². The minimum Gasteiger partial charge on any atom is -0.497 e. The van der Waals surface area contributed by atoms with Gasteiger partial charge < -0.3 is 20.3 Å². The number of hydrogen-bond acceptors (Lipinski definition) is 6. The third-order valence-corrected chi connectivity index (χ3v) is 5.99. The monoisotopic (exact) mass is 449 g/mol. The summed E-state index contributed by atoms with van der Waals surface area (Å²) in [5, 5.41) is 35.9. The average Bonchev–Trinajstić information content (AvgIpc) is 2.72. The molecular weight excluding hydrogens is 432 g/mol. The van der Waals surface area contributed by atoms with Crippen molar-refractivity contribution in [1.29, 1.82) is 0 Å². The number of carbonyl (C=O) groups excluding carboxylic acids is 2. The maximum atomic E-state index is 14.1. The normalized spacial score (nSPS) is 27.4. The molecule has 1 heterocycles. The molecule has 2 aromatic carbocycles. The molecule has 3 unspecified atom stereocenters. The Kier molecular flexibility index (Phi) is 5.43. The largest absolute Gasteiger partial charge is 0.497 e. The number of benzene rings is 2. The molecule has 0 aliphatic carbocycles. The van der Waals surface area contributed by atoms with E-state index in [4.69, 9.17) is 0 Å². The predicted octanol–water partition coefficient (Wildman–Crippen LogP) is 2.47. The molecule has 0 bridgehead atoms. The van der Waals surface area contributed by atoms with Gasteiger partial charge in [0.15, 0.2) is 17.7 Å². The number of carboxylic acid groups (broad SMARTS) is 2. The van der Waals surface area contributed by atoms with Crippen LogP contribution in [0.5, 0.6) is 0 Å². The number of rotatable bonds is 4. The van der Waals surface area contributed by atoms with Crippen molar-refractivity contribution in [2.75, 3.05) is 0 Å². The highest BCUT2D eigenvalue weighted by Gasteiger charge is 2.67. The summed E-state index contributed by atoms with van der Waals surface area (Å²) in [5.41, 5.74) is -3.14. The Balaban J connectivity index is 2.43. The molecule has 0 spiro atoms. The Morgan fingerprint density at radius 2 is 1.75 bits per heavy atom. The van der Waals surface area contributed by atoms with Crippen LogP contribution in [-0.2, 0) is 4.79 Å². The van der Waals surface area contributed by atoms with Crippen molar-refractivity contribution in [3.8, 4) is 0 Å². The van der Waals surface area contributed by atoms with Gasteiger partial charge in [0.2, 0.25) is 0 Å². The molecule has 0 radical (unpaired) electrons. The van der Waals surface area contributed by atoms with Crippen molar-refractivity contribution in [1.82, 2.24) is 9.80 Å². The number of urea groups is 1. The molecule has 168 valence electrons. The number of carbonyl (C=O) groups is 3. The lowest BCUT2D eigenvalue weighted by atomic mass is 9.69. The number of nitro groups is 1. The van der Waals surface area contributed by atoms with E-state index in [1.165, 1.54) is 6.92 Å². The number of quaternary nitrogens is 1. The standard InChI is InChI=1S/C20H17F2N3O7/c1-10-20(2,17(26)27)16(11-3-8-14(21)15(22)9-11)25(19(29)30,18(28)23-10)13-6-4-12(5-7-13)24(31)32/h3-10,16H,1-2H3,(H2-,23,26,27,28,29,30)/t10?,16-,20?,25?/m0/s1. The van der Waals surface area contributed by atoms with Gasteiger partial charge in [0.25, 0.3) is 11.8 Å². The molecule has 3 amide bonds. The van der Waals surface area contributed by atoms with E-state index in [1.54, 1.807) is 0 Å². The summed E-state index contributed by atoms with van der Waals surface area (Å²) >= 11 is 0. The van der Waals surface area contributed by atoms with Crippen LogP contribution in [-0.4, -0.2) is 34.2 Å². The van der Waals surface area contributed by atoms with Crippen molar-refractivity contribution < 1.29 is 38.3 Å². The fourth-order valence-electron chi connectivity index (χ4n) is 4.12. The number of halogens is 2. The first-order chi connectivity index (χ1) is 14.9. The van der Waals surface area contributed by atoms with Gasteiger partial charge in [-0.15, -0.1) is 0 Å². The number of carboxylic acids is 1. The van der Waals surface area contributed by atoms with Gasteiger partial charge >= 0.3 is 12.0 Å². The van der Waals surface area contributed by atoms with Crippen molar-refractivity contribution in [3.63, 3.8) is 0 Å². The van der Waals surface area contributed by atoms with Gasteiger partial charge in [0, 0.05) is 29.8 Å². The van der Waals surface area contributed by atoms with Crippen LogP contribution in [0, 0.1) is 27.2 Å². The van der Waals surface area contributed by atoms with E-state index >= 15 is 0 Å². The Morgan fingerprint density at radius 3 is 2.22 bits per heavy atom. The summed E-state index contributed by atoms with van der Waals surface area (Å²) in [6.07, 6.45) is -2.06. The molecule has 32 heavy (non-hydrogen) atoms. The highest BCUT2D eigenvalue weighted by atomic mass is 19.2. The summed E-state index contributed by atoms with van der Waals surface area (Å²) in [7, 11) is 0. The van der Waals surface area contributed by atoms with Gasteiger partial charge in [-0.1, -0.05) is 0 Å². The summed E-state index contributed by atoms with van der Waals surface area (Å²) in [6.45, 7) is 2.49. The van der Waals surface area contributed by atoms with E-state index in [2.05, 4.69) is 5.32 Å². The number of nitrogens with one attached hydrogen (secondary N) is 1. The summed E-state index contributed by atoms with van der Waals surface area (Å²) in [4.78, 5) is 48.4. The van der Waals surface area contributed by atoms with Gasteiger partial charge in [-0.25, -0.2) is 13.6 Å². The first-order valence-electron chi connectivity index (χ1n) is 9.23.